The minimum atomic E-state index is -4.87. The molecule has 2 aromatic carbocycles. The summed E-state index contributed by atoms with van der Waals surface area (Å²) in [5.74, 6) is -0.883. The first-order valence-corrected chi connectivity index (χ1v) is 11.1. The second-order valence-corrected chi connectivity index (χ2v) is 9.60. The summed E-state index contributed by atoms with van der Waals surface area (Å²) in [6.45, 7) is 5.71. The van der Waals surface area contributed by atoms with E-state index in [1.165, 1.54) is 41.3 Å². The highest BCUT2D eigenvalue weighted by Crippen LogP contribution is 2.44. The van der Waals surface area contributed by atoms with Gasteiger partial charge in [0, 0.05) is 23.4 Å². The third-order valence-electron chi connectivity index (χ3n) is 6.11. The Hall–Kier alpha value is -2.94. The molecule has 2 N–H and O–H groups in total. The van der Waals surface area contributed by atoms with E-state index in [0.29, 0.717) is 24.9 Å². The number of anilines is 1. The summed E-state index contributed by atoms with van der Waals surface area (Å²) in [6.07, 6.45) is -4.31. The van der Waals surface area contributed by atoms with E-state index in [9.17, 15) is 27.9 Å². The van der Waals surface area contributed by atoms with Gasteiger partial charge in [-0.3, -0.25) is 9.69 Å². The fraction of sp³-hybridized carbons (Fsp3) is 0.417. The summed E-state index contributed by atoms with van der Waals surface area (Å²) in [5.41, 5.74) is -1.27. The molecule has 1 aliphatic rings. The lowest BCUT2D eigenvalue weighted by molar-refractivity contribution is -0.274. The summed E-state index contributed by atoms with van der Waals surface area (Å²) in [6, 6.07) is 10.0. The average molecular weight is 499 g/mol. The molecule has 1 unspecified atom stereocenters. The molecule has 34 heavy (non-hydrogen) atoms. The van der Waals surface area contributed by atoms with Crippen LogP contribution in [0.3, 0.4) is 0 Å². The third kappa shape index (κ3) is 5.09. The molecule has 184 valence electrons. The number of nitrogens with one attached hydrogen (secondary N) is 1. The summed E-state index contributed by atoms with van der Waals surface area (Å²) in [5, 5.41) is 12.7. The molecule has 0 radical (unpaired) electrons. The molecule has 3 rings (SSSR count). The predicted octanol–water partition coefficient (Wildman–Crippen LogP) is 6.79. The highest BCUT2D eigenvalue weighted by molar-refractivity contribution is 6.33. The standard InChI is InChI=1S/C24H26ClF3N2O4/c1-22(2,3)23(12-6-7-13-30(23)21(32)33)20(31)29-15-10-11-16(18(25)14-15)17-8-4-5-9-19(17)34-24(26,27)28/h4-5,8-11,14H,6-7,12-13H2,1-3H3,(H,29,31)(H,32,33). The Morgan fingerprint density at radius 3 is 2.35 bits per heavy atom. The monoisotopic (exact) mass is 498 g/mol. The van der Waals surface area contributed by atoms with Gasteiger partial charge in [-0.2, -0.15) is 0 Å². The molecule has 2 aromatic rings. The predicted molar refractivity (Wildman–Crippen MR) is 123 cm³/mol. The number of carbonyl (C=O) groups excluding carboxylic acids is 1. The Balaban J connectivity index is 1.94. The number of hydrogen-bond donors (Lipinski definition) is 2. The van der Waals surface area contributed by atoms with Crippen LogP contribution in [0.5, 0.6) is 5.75 Å². The van der Waals surface area contributed by atoms with E-state index in [0.717, 1.165) is 0 Å². The topological polar surface area (TPSA) is 78.9 Å². The Morgan fingerprint density at radius 2 is 1.76 bits per heavy atom. The normalized spacial score (nSPS) is 19.0. The Morgan fingerprint density at radius 1 is 1.09 bits per heavy atom. The molecule has 2 amide bonds. The zero-order valence-electron chi connectivity index (χ0n) is 19.0. The van der Waals surface area contributed by atoms with Gasteiger partial charge < -0.3 is 15.2 Å². The lowest BCUT2D eigenvalue weighted by atomic mass is 9.67. The molecule has 1 fully saturated rings. The molecule has 1 aliphatic heterocycles. The quantitative estimate of drug-likeness (QED) is 0.486. The van der Waals surface area contributed by atoms with E-state index in [4.69, 9.17) is 11.6 Å². The van der Waals surface area contributed by atoms with E-state index in [1.54, 1.807) is 6.07 Å². The van der Waals surface area contributed by atoms with E-state index >= 15 is 0 Å². The molecule has 10 heteroatoms. The van der Waals surface area contributed by atoms with Crippen molar-refractivity contribution < 1.29 is 32.6 Å². The number of likely N-dealkylation sites (tertiary alicyclic amines) is 1. The van der Waals surface area contributed by atoms with Crippen molar-refractivity contribution in [2.75, 3.05) is 11.9 Å². The fourth-order valence-electron chi connectivity index (χ4n) is 4.54. The number of nitrogens with zero attached hydrogens (tertiary/aromatic N) is 1. The molecule has 0 bridgehead atoms. The highest BCUT2D eigenvalue weighted by atomic mass is 35.5. The third-order valence-corrected chi connectivity index (χ3v) is 6.42. The number of alkyl halides is 3. The zero-order chi connectivity index (χ0) is 25.3. The smallest absolute Gasteiger partial charge is 0.465 e. The molecule has 0 aliphatic carbocycles. The van der Waals surface area contributed by atoms with E-state index in [-0.39, 0.29) is 22.7 Å². The van der Waals surface area contributed by atoms with Gasteiger partial charge in [0.1, 0.15) is 11.3 Å². The van der Waals surface area contributed by atoms with E-state index in [1.807, 2.05) is 20.8 Å². The average Bonchev–Trinajstić information content (AvgIpc) is 2.72. The van der Waals surface area contributed by atoms with Crippen molar-refractivity contribution in [1.29, 1.82) is 0 Å². The van der Waals surface area contributed by atoms with Crippen molar-refractivity contribution in [1.82, 2.24) is 4.90 Å². The lowest BCUT2D eigenvalue weighted by Gasteiger charge is -2.51. The van der Waals surface area contributed by atoms with Gasteiger partial charge in [-0.1, -0.05) is 56.6 Å². The van der Waals surface area contributed by atoms with Crippen molar-refractivity contribution in [3.8, 4) is 16.9 Å². The van der Waals surface area contributed by atoms with Crippen LogP contribution in [0.25, 0.3) is 11.1 Å². The van der Waals surface area contributed by atoms with Crippen molar-refractivity contribution >= 4 is 29.3 Å². The number of hydrogen-bond acceptors (Lipinski definition) is 3. The van der Waals surface area contributed by atoms with Crippen LogP contribution in [-0.4, -0.2) is 40.5 Å². The lowest BCUT2D eigenvalue weighted by Crippen LogP contribution is -2.67. The SMILES string of the molecule is CC(C)(C)C1(C(=O)Nc2ccc(-c3ccccc3OC(F)(F)F)c(Cl)c2)CCCCN1C(=O)O. The number of ether oxygens (including phenoxy) is 1. The molecule has 0 spiro atoms. The molecule has 0 saturated carbocycles. The second kappa shape index (κ2) is 9.37. The van der Waals surface area contributed by atoms with Crippen LogP contribution < -0.4 is 10.1 Å². The molecule has 1 atom stereocenters. The van der Waals surface area contributed by atoms with Gasteiger partial charge in [0.25, 0.3) is 5.91 Å². The minimum absolute atomic E-state index is 0.0968. The van der Waals surface area contributed by atoms with Gasteiger partial charge >= 0.3 is 12.5 Å². The van der Waals surface area contributed by atoms with Crippen molar-refractivity contribution in [3.63, 3.8) is 0 Å². The largest absolute Gasteiger partial charge is 0.573 e. The number of rotatable bonds is 4. The minimum Gasteiger partial charge on any atom is -0.465 e. The molecule has 1 saturated heterocycles. The highest BCUT2D eigenvalue weighted by Gasteiger charge is 2.55. The molecule has 0 aromatic heterocycles. The number of piperidine rings is 1. The first kappa shape index (κ1) is 25.7. The van der Waals surface area contributed by atoms with Gasteiger partial charge in [0.05, 0.1) is 5.02 Å². The Kier molecular flexibility index (Phi) is 7.07. The van der Waals surface area contributed by atoms with Gasteiger partial charge in [0.15, 0.2) is 0 Å². The van der Waals surface area contributed by atoms with E-state index in [2.05, 4.69) is 10.1 Å². The molecular formula is C24H26ClF3N2O4. The summed E-state index contributed by atoms with van der Waals surface area (Å²) in [4.78, 5) is 26.7. The maximum Gasteiger partial charge on any atom is 0.573 e. The van der Waals surface area contributed by atoms with Crippen LogP contribution in [0.2, 0.25) is 5.02 Å². The zero-order valence-corrected chi connectivity index (χ0v) is 19.8. The number of benzene rings is 2. The maximum absolute atomic E-state index is 13.5. The number of carboxylic acid groups (broad SMARTS) is 1. The summed E-state index contributed by atoms with van der Waals surface area (Å²) in [7, 11) is 0. The van der Waals surface area contributed by atoms with Gasteiger partial charge in [0.2, 0.25) is 0 Å². The molecular weight excluding hydrogens is 473 g/mol. The Labute approximate surface area is 200 Å². The maximum atomic E-state index is 13.5. The van der Waals surface area contributed by atoms with Crippen LogP contribution in [-0.2, 0) is 4.79 Å². The molecule has 1 heterocycles. The first-order valence-electron chi connectivity index (χ1n) is 10.7. The number of carbonyl (C=O) groups is 2. The molecule has 6 nitrogen and oxygen atoms in total. The van der Waals surface area contributed by atoms with Crippen molar-refractivity contribution in [2.24, 2.45) is 5.41 Å². The number of amides is 2. The number of halogens is 4. The number of para-hydroxylation sites is 1. The second-order valence-electron chi connectivity index (χ2n) is 9.19. The van der Waals surface area contributed by atoms with Crippen LogP contribution in [0, 0.1) is 5.41 Å². The van der Waals surface area contributed by atoms with Crippen LogP contribution >= 0.6 is 11.6 Å². The first-order chi connectivity index (χ1) is 15.8. The van der Waals surface area contributed by atoms with Gasteiger partial charge in [-0.25, -0.2) is 4.79 Å². The van der Waals surface area contributed by atoms with Gasteiger partial charge in [-0.15, -0.1) is 13.2 Å². The summed E-state index contributed by atoms with van der Waals surface area (Å²) >= 11 is 6.39. The van der Waals surface area contributed by atoms with Crippen LogP contribution in [0.4, 0.5) is 23.7 Å². The summed E-state index contributed by atoms with van der Waals surface area (Å²) < 4.78 is 42.5. The Bertz CT molecular complexity index is 1080. The van der Waals surface area contributed by atoms with Crippen LogP contribution in [0.15, 0.2) is 42.5 Å². The van der Waals surface area contributed by atoms with Gasteiger partial charge in [-0.05, 0) is 42.9 Å². The van der Waals surface area contributed by atoms with Crippen molar-refractivity contribution in [3.05, 3.63) is 47.5 Å². The van der Waals surface area contributed by atoms with Crippen molar-refractivity contribution in [2.45, 2.75) is 51.9 Å². The fourth-order valence-corrected chi connectivity index (χ4v) is 4.82. The van der Waals surface area contributed by atoms with Crippen LogP contribution in [0.1, 0.15) is 40.0 Å². The van der Waals surface area contributed by atoms with E-state index < -0.39 is 35.1 Å².